The van der Waals surface area contributed by atoms with Crippen LogP contribution in [0.4, 0.5) is 0 Å². The van der Waals surface area contributed by atoms with Crippen molar-refractivity contribution < 1.29 is 4.79 Å². The number of fused-ring (bicyclic) bond motifs is 3. The number of aromatic nitrogens is 1. The first-order chi connectivity index (χ1) is 7.83. The van der Waals surface area contributed by atoms with E-state index >= 15 is 0 Å². The highest BCUT2D eigenvalue weighted by Gasteiger charge is 2.23. The van der Waals surface area contributed by atoms with Gasteiger partial charge in [-0.2, -0.15) is 0 Å². The Hall–Kier alpha value is -1.57. The van der Waals surface area contributed by atoms with Gasteiger partial charge in [0.05, 0.1) is 5.52 Å². The van der Waals surface area contributed by atoms with Crippen molar-refractivity contribution >= 4 is 16.8 Å². The summed E-state index contributed by atoms with van der Waals surface area (Å²) in [6, 6.07) is 8.25. The van der Waals surface area contributed by atoms with Crippen LogP contribution >= 0.6 is 0 Å². The van der Waals surface area contributed by atoms with Crippen LogP contribution in [-0.4, -0.2) is 10.5 Å². The fourth-order valence-electron chi connectivity index (χ4n) is 2.82. The van der Waals surface area contributed by atoms with Gasteiger partial charge in [0.15, 0.2) is 0 Å². The molecule has 0 bridgehead atoms. The minimum Gasteiger partial charge on any atom is -0.284 e. The number of hydrogen-bond donors (Lipinski definition) is 0. The Balaban J connectivity index is 2.43. The molecule has 0 fully saturated rings. The Morgan fingerprint density at radius 2 is 2.06 bits per heavy atom. The zero-order valence-corrected chi connectivity index (χ0v) is 9.49. The molecule has 0 amide bonds. The Kier molecular flexibility index (Phi) is 2.10. The van der Waals surface area contributed by atoms with E-state index in [2.05, 4.69) is 25.1 Å². The van der Waals surface area contributed by atoms with Crippen molar-refractivity contribution in [2.24, 2.45) is 0 Å². The average Bonchev–Trinajstić information content (AvgIpc) is 2.64. The first-order valence-electron chi connectivity index (χ1n) is 5.97. The highest BCUT2D eigenvalue weighted by Crippen LogP contribution is 2.30. The van der Waals surface area contributed by atoms with Crippen LogP contribution in [0, 0.1) is 0 Å². The Morgan fingerprint density at radius 3 is 2.88 bits per heavy atom. The molecule has 16 heavy (non-hydrogen) atoms. The maximum atomic E-state index is 12.0. The molecule has 1 aromatic carbocycles. The molecule has 0 N–H and O–H groups in total. The Morgan fingerprint density at radius 1 is 1.25 bits per heavy atom. The highest BCUT2D eigenvalue weighted by atomic mass is 16.2. The predicted molar refractivity (Wildman–Crippen MR) is 64.9 cm³/mol. The third-order valence-corrected chi connectivity index (χ3v) is 3.50. The molecule has 0 atom stereocenters. The van der Waals surface area contributed by atoms with Gasteiger partial charge in [-0.3, -0.25) is 9.36 Å². The lowest BCUT2D eigenvalue weighted by atomic mass is 10.0. The lowest BCUT2D eigenvalue weighted by Crippen LogP contribution is -2.19. The van der Waals surface area contributed by atoms with E-state index in [9.17, 15) is 4.79 Å². The van der Waals surface area contributed by atoms with Crippen LogP contribution < -0.4 is 0 Å². The summed E-state index contributed by atoms with van der Waals surface area (Å²) >= 11 is 0. The van der Waals surface area contributed by atoms with Gasteiger partial charge in [0, 0.05) is 17.5 Å². The van der Waals surface area contributed by atoms with Gasteiger partial charge in [-0.05, 0) is 30.9 Å². The molecule has 2 heterocycles. The summed E-state index contributed by atoms with van der Waals surface area (Å²) in [6.07, 6.45) is 3.75. The number of rotatable bonds is 1. The Labute approximate surface area is 94.9 Å². The SMILES string of the molecule is CCc1c2n(c3ccccc13)C(=O)CCC2. The fourth-order valence-corrected chi connectivity index (χ4v) is 2.82. The maximum absolute atomic E-state index is 12.0. The van der Waals surface area contributed by atoms with E-state index in [1.807, 2.05) is 10.6 Å². The molecule has 0 saturated carbocycles. The summed E-state index contributed by atoms with van der Waals surface area (Å²) in [5.41, 5.74) is 3.71. The van der Waals surface area contributed by atoms with E-state index in [-0.39, 0.29) is 5.91 Å². The van der Waals surface area contributed by atoms with Crippen molar-refractivity contribution in [1.82, 2.24) is 4.57 Å². The van der Waals surface area contributed by atoms with Gasteiger partial charge in [0.1, 0.15) is 0 Å². The first kappa shape index (κ1) is 9.64. The van der Waals surface area contributed by atoms with Gasteiger partial charge in [0.25, 0.3) is 0 Å². The highest BCUT2D eigenvalue weighted by molar-refractivity contribution is 5.96. The smallest absolute Gasteiger partial charge is 0.231 e. The lowest BCUT2D eigenvalue weighted by molar-refractivity contribution is 0.0889. The van der Waals surface area contributed by atoms with Crippen LogP contribution in [0.15, 0.2) is 24.3 Å². The molecule has 82 valence electrons. The molecule has 2 nitrogen and oxygen atoms in total. The van der Waals surface area contributed by atoms with Crippen LogP contribution in [-0.2, 0) is 12.8 Å². The molecule has 2 aromatic rings. The Bertz CT molecular complexity index is 565. The second-order valence-corrected chi connectivity index (χ2v) is 4.38. The molecule has 1 aliphatic rings. The number of aryl methyl sites for hydroxylation is 1. The monoisotopic (exact) mass is 213 g/mol. The van der Waals surface area contributed by atoms with Gasteiger partial charge in [-0.1, -0.05) is 25.1 Å². The normalized spacial score (nSPS) is 15.4. The van der Waals surface area contributed by atoms with E-state index in [0.717, 1.165) is 24.8 Å². The van der Waals surface area contributed by atoms with E-state index in [1.165, 1.54) is 16.6 Å². The molecule has 0 saturated heterocycles. The van der Waals surface area contributed by atoms with Gasteiger partial charge in [-0.15, -0.1) is 0 Å². The van der Waals surface area contributed by atoms with E-state index in [0.29, 0.717) is 6.42 Å². The summed E-state index contributed by atoms with van der Waals surface area (Å²) in [6.45, 7) is 2.17. The van der Waals surface area contributed by atoms with Crippen LogP contribution in [0.25, 0.3) is 10.9 Å². The molecular weight excluding hydrogens is 198 g/mol. The number of benzene rings is 1. The van der Waals surface area contributed by atoms with Gasteiger partial charge >= 0.3 is 0 Å². The van der Waals surface area contributed by atoms with Crippen molar-refractivity contribution in [3.05, 3.63) is 35.5 Å². The molecule has 0 aliphatic carbocycles. The molecule has 0 unspecified atom stereocenters. The topological polar surface area (TPSA) is 22.0 Å². The molecule has 1 aromatic heterocycles. The number of hydrogen-bond acceptors (Lipinski definition) is 1. The quantitative estimate of drug-likeness (QED) is 0.713. The average molecular weight is 213 g/mol. The van der Waals surface area contributed by atoms with E-state index in [4.69, 9.17) is 0 Å². The van der Waals surface area contributed by atoms with E-state index in [1.54, 1.807) is 0 Å². The summed E-state index contributed by atoms with van der Waals surface area (Å²) in [5.74, 6) is 0.261. The second-order valence-electron chi connectivity index (χ2n) is 4.38. The molecule has 3 rings (SSSR count). The molecule has 0 radical (unpaired) electrons. The zero-order valence-electron chi connectivity index (χ0n) is 9.49. The second kappa shape index (κ2) is 3.48. The summed E-state index contributed by atoms with van der Waals surface area (Å²) < 4.78 is 1.94. The number of carbonyl (C=O) groups excluding carboxylic acids is 1. The van der Waals surface area contributed by atoms with Gasteiger partial charge < -0.3 is 0 Å². The third kappa shape index (κ3) is 1.16. The summed E-state index contributed by atoms with van der Waals surface area (Å²) in [4.78, 5) is 12.0. The standard InChI is InChI=1S/C14H15NO/c1-2-10-11-6-3-4-7-13(11)15-12(10)8-5-9-14(15)16/h3-4,6-7H,2,5,8-9H2,1H3. The van der Waals surface area contributed by atoms with Crippen molar-refractivity contribution in [3.8, 4) is 0 Å². The molecular formula is C14H15NO. The zero-order chi connectivity index (χ0) is 11.1. The molecule has 1 aliphatic heterocycles. The van der Waals surface area contributed by atoms with Gasteiger partial charge in [-0.25, -0.2) is 0 Å². The van der Waals surface area contributed by atoms with Crippen LogP contribution in [0.1, 0.15) is 35.8 Å². The summed E-state index contributed by atoms with van der Waals surface area (Å²) in [7, 11) is 0. The largest absolute Gasteiger partial charge is 0.284 e. The minimum absolute atomic E-state index is 0.261. The first-order valence-corrected chi connectivity index (χ1v) is 5.97. The predicted octanol–water partition coefficient (Wildman–Crippen LogP) is 3.18. The lowest BCUT2D eigenvalue weighted by Gasteiger charge is -2.15. The van der Waals surface area contributed by atoms with Gasteiger partial charge in [0.2, 0.25) is 5.91 Å². The fraction of sp³-hybridized carbons (Fsp3) is 0.357. The van der Waals surface area contributed by atoms with Crippen LogP contribution in [0.3, 0.4) is 0 Å². The molecule has 2 heteroatoms. The van der Waals surface area contributed by atoms with Crippen molar-refractivity contribution in [2.45, 2.75) is 32.6 Å². The van der Waals surface area contributed by atoms with Crippen LogP contribution in [0.2, 0.25) is 0 Å². The van der Waals surface area contributed by atoms with Crippen molar-refractivity contribution in [2.75, 3.05) is 0 Å². The summed E-state index contributed by atoms with van der Waals surface area (Å²) in [5, 5.41) is 1.26. The number of nitrogens with zero attached hydrogens (tertiary/aromatic N) is 1. The molecule has 0 spiro atoms. The van der Waals surface area contributed by atoms with E-state index < -0.39 is 0 Å². The van der Waals surface area contributed by atoms with Crippen molar-refractivity contribution in [3.63, 3.8) is 0 Å². The van der Waals surface area contributed by atoms with Crippen molar-refractivity contribution in [1.29, 1.82) is 0 Å². The minimum atomic E-state index is 0.261. The van der Waals surface area contributed by atoms with Crippen LogP contribution in [0.5, 0.6) is 0 Å². The number of carbonyl (C=O) groups is 1. The maximum Gasteiger partial charge on any atom is 0.231 e. The third-order valence-electron chi connectivity index (χ3n) is 3.50. The number of para-hydroxylation sites is 1.